The Labute approximate surface area is 122 Å². The summed E-state index contributed by atoms with van der Waals surface area (Å²) in [6, 6.07) is 0. The highest BCUT2D eigenvalue weighted by Gasteiger charge is 2.26. The van der Waals surface area contributed by atoms with Gasteiger partial charge in [-0.15, -0.1) is 0 Å². The monoisotopic (exact) mass is 283 g/mol. The Morgan fingerprint density at radius 1 is 1.40 bits per heavy atom. The van der Waals surface area contributed by atoms with E-state index in [0.29, 0.717) is 5.92 Å². The van der Waals surface area contributed by atoms with Crippen LogP contribution in [-0.2, 0) is 9.53 Å². The number of carbonyl (C=O) groups is 1. The summed E-state index contributed by atoms with van der Waals surface area (Å²) in [5.74, 6) is 1.63. The predicted molar refractivity (Wildman–Crippen MR) is 81.7 cm³/mol. The molecule has 0 saturated carbocycles. The smallest absolute Gasteiger partial charge is 0.308 e. The summed E-state index contributed by atoms with van der Waals surface area (Å²) in [6.45, 7) is 9.97. The number of ether oxygens (including phenoxy) is 1. The van der Waals surface area contributed by atoms with E-state index >= 15 is 0 Å². The molecule has 5 heteroatoms. The summed E-state index contributed by atoms with van der Waals surface area (Å²) in [5.41, 5.74) is 0. The van der Waals surface area contributed by atoms with E-state index in [9.17, 15) is 4.79 Å². The van der Waals surface area contributed by atoms with Crippen molar-refractivity contribution in [2.24, 2.45) is 16.8 Å². The lowest BCUT2D eigenvalue weighted by Crippen LogP contribution is -2.46. The number of nitrogens with zero attached hydrogens (tertiary/aromatic N) is 2. The normalized spacial score (nSPS) is 17.4. The number of hydrogen-bond acceptors (Lipinski definition) is 3. The number of nitrogens with one attached hydrogen (secondary N) is 1. The van der Waals surface area contributed by atoms with Crippen molar-refractivity contribution < 1.29 is 9.53 Å². The molecule has 1 rings (SSSR count). The van der Waals surface area contributed by atoms with Crippen LogP contribution >= 0.6 is 0 Å². The van der Waals surface area contributed by atoms with Gasteiger partial charge in [-0.3, -0.25) is 9.79 Å². The van der Waals surface area contributed by atoms with E-state index < -0.39 is 0 Å². The zero-order valence-electron chi connectivity index (χ0n) is 13.3. The molecule has 1 aliphatic rings. The molecule has 1 heterocycles. The maximum absolute atomic E-state index is 11.5. The van der Waals surface area contributed by atoms with Crippen LogP contribution < -0.4 is 5.32 Å². The molecule has 0 aromatic heterocycles. The molecule has 0 aromatic carbocycles. The summed E-state index contributed by atoms with van der Waals surface area (Å²) in [5, 5.41) is 3.34. The lowest BCUT2D eigenvalue weighted by atomic mass is 9.97. The second-order valence-electron chi connectivity index (χ2n) is 5.70. The van der Waals surface area contributed by atoms with Gasteiger partial charge in [-0.05, 0) is 32.1 Å². The van der Waals surface area contributed by atoms with Crippen molar-refractivity contribution in [3.8, 4) is 0 Å². The molecular weight excluding hydrogens is 254 g/mol. The van der Waals surface area contributed by atoms with E-state index in [-0.39, 0.29) is 11.9 Å². The van der Waals surface area contributed by atoms with Gasteiger partial charge in [0, 0.05) is 26.2 Å². The third kappa shape index (κ3) is 5.39. The molecule has 1 N–H and O–H groups in total. The molecule has 0 spiro atoms. The number of piperidine rings is 1. The second-order valence-corrected chi connectivity index (χ2v) is 5.70. The van der Waals surface area contributed by atoms with Crippen molar-refractivity contribution in [2.45, 2.75) is 40.0 Å². The average Bonchev–Trinajstić information content (AvgIpc) is 2.45. The molecule has 5 nitrogen and oxygen atoms in total. The molecule has 0 unspecified atom stereocenters. The third-order valence-corrected chi connectivity index (χ3v) is 3.63. The molecule has 1 saturated heterocycles. The minimum atomic E-state index is -0.0774. The molecule has 116 valence electrons. The van der Waals surface area contributed by atoms with Gasteiger partial charge in [0.1, 0.15) is 0 Å². The number of carbonyl (C=O) groups excluding carboxylic acids is 1. The standard InChI is InChI=1S/C15H29N3O2/c1-5-16-15(17-9-6-12(2)3)18-10-7-13(8-11-18)14(19)20-4/h12-13H,5-11H2,1-4H3,(H,16,17). The van der Waals surface area contributed by atoms with Crippen LogP contribution in [0.2, 0.25) is 0 Å². The highest BCUT2D eigenvalue weighted by atomic mass is 16.5. The number of likely N-dealkylation sites (tertiary alicyclic amines) is 1. The fraction of sp³-hybridized carbons (Fsp3) is 0.867. The van der Waals surface area contributed by atoms with Crippen LogP contribution in [0, 0.1) is 11.8 Å². The number of methoxy groups -OCH3 is 1. The van der Waals surface area contributed by atoms with Crippen LogP contribution in [0.3, 0.4) is 0 Å². The van der Waals surface area contributed by atoms with Crippen LogP contribution in [0.1, 0.15) is 40.0 Å². The fourth-order valence-electron chi connectivity index (χ4n) is 2.35. The van der Waals surface area contributed by atoms with Gasteiger partial charge in [0.25, 0.3) is 0 Å². The van der Waals surface area contributed by atoms with E-state index in [4.69, 9.17) is 4.74 Å². The lowest BCUT2D eigenvalue weighted by Gasteiger charge is -2.33. The minimum absolute atomic E-state index is 0.0507. The molecule has 20 heavy (non-hydrogen) atoms. The van der Waals surface area contributed by atoms with Crippen molar-refractivity contribution in [3.05, 3.63) is 0 Å². The van der Waals surface area contributed by atoms with E-state index in [1.54, 1.807) is 0 Å². The average molecular weight is 283 g/mol. The third-order valence-electron chi connectivity index (χ3n) is 3.63. The summed E-state index contributed by atoms with van der Waals surface area (Å²) in [7, 11) is 1.46. The highest BCUT2D eigenvalue weighted by molar-refractivity contribution is 5.80. The molecule has 0 aliphatic carbocycles. The maximum Gasteiger partial charge on any atom is 0.308 e. The summed E-state index contributed by atoms with van der Waals surface area (Å²) in [6.07, 6.45) is 2.80. The van der Waals surface area contributed by atoms with Gasteiger partial charge in [-0.1, -0.05) is 13.8 Å². The SMILES string of the molecule is CCNC(=NCCC(C)C)N1CCC(C(=O)OC)CC1. The maximum atomic E-state index is 11.5. The van der Waals surface area contributed by atoms with Gasteiger partial charge in [0.2, 0.25) is 0 Å². The van der Waals surface area contributed by atoms with Gasteiger partial charge in [-0.25, -0.2) is 0 Å². The van der Waals surface area contributed by atoms with Gasteiger partial charge in [0.05, 0.1) is 13.0 Å². The Bertz CT molecular complexity index is 321. The Kier molecular flexibility index (Phi) is 7.41. The molecule has 1 fully saturated rings. The highest BCUT2D eigenvalue weighted by Crippen LogP contribution is 2.18. The summed E-state index contributed by atoms with van der Waals surface area (Å²) in [4.78, 5) is 18.5. The molecular formula is C15H29N3O2. The molecule has 0 bridgehead atoms. The number of aliphatic imine (C=N–C) groups is 1. The van der Waals surface area contributed by atoms with E-state index in [2.05, 4.69) is 36.0 Å². The largest absolute Gasteiger partial charge is 0.469 e. The first-order valence-electron chi connectivity index (χ1n) is 7.69. The van der Waals surface area contributed by atoms with Crippen LogP contribution in [0.25, 0.3) is 0 Å². The zero-order chi connectivity index (χ0) is 15.0. The van der Waals surface area contributed by atoms with Crippen molar-refractivity contribution in [3.63, 3.8) is 0 Å². The fourth-order valence-corrected chi connectivity index (χ4v) is 2.35. The number of rotatable bonds is 5. The number of esters is 1. The van der Waals surface area contributed by atoms with Crippen molar-refractivity contribution >= 4 is 11.9 Å². The Balaban J connectivity index is 2.50. The molecule has 0 aromatic rings. The molecule has 1 aliphatic heterocycles. The van der Waals surface area contributed by atoms with Gasteiger partial charge >= 0.3 is 5.97 Å². The first-order valence-corrected chi connectivity index (χ1v) is 7.69. The van der Waals surface area contributed by atoms with Crippen molar-refractivity contribution in [1.82, 2.24) is 10.2 Å². The zero-order valence-corrected chi connectivity index (χ0v) is 13.3. The Morgan fingerprint density at radius 3 is 2.55 bits per heavy atom. The topological polar surface area (TPSA) is 53.9 Å². The number of hydrogen-bond donors (Lipinski definition) is 1. The van der Waals surface area contributed by atoms with Crippen LogP contribution in [0.4, 0.5) is 0 Å². The Hall–Kier alpha value is -1.26. The van der Waals surface area contributed by atoms with E-state index in [1.165, 1.54) is 7.11 Å². The predicted octanol–water partition coefficient (Wildman–Crippen LogP) is 1.88. The molecule has 0 atom stereocenters. The van der Waals surface area contributed by atoms with Gasteiger partial charge in [-0.2, -0.15) is 0 Å². The summed E-state index contributed by atoms with van der Waals surface area (Å²) < 4.78 is 4.82. The second kappa shape index (κ2) is 8.82. The number of guanidine groups is 1. The molecule has 0 radical (unpaired) electrons. The van der Waals surface area contributed by atoms with Crippen molar-refractivity contribution in [1.29, 1.82) is 0 Å². The first-order chi connectivity index (χ1) is 9.58. The summed E-state index contributed by atoms with van der Waals surface area (Å²) >= 11 is 0. The minimum Gasteiger partial charge on any atom is -0.469 e. The molecule has 0 amide bonds. The van der Waals surface area contributed by atoms with Crippen LogP contribution in [-0.4, -0.2) is 50.1 Å². The lowest BCUT2D eigenvalue weighted by molar-refractivity contribution is -0.146. The van der Waals surface area contributed by atoms with Crippen LogP contribution in [0.5, 0.6) is 0 Å². The van der Waals surface area contributed by atoms with E-state index in [0.717, 1.165) is 51.4 Å². The van der Waals surface area contributed by atoms with E-state index in [1.807, 2.05) is 0 Å². The first kappa shape index (κ1) is 16.8. The van der Waals surface area contributed by atoms with Crippen molar-refractivity contribution in [2.75, 3.05) is 33.3 Å². The van der Waals surface area contributed by atoms with Gasteiger partial charge in [0.15, 0.2) is 5.96 Å². The van der Waals surface area contributed by atoms with Gasteiger partial charge < -0.3 is 15.0 Å². The van der Waals surface area contributed by atoms with Crippen LogP contribution in [0.15, 0.2) is 4.99 Å². The Morgan fingerprint density at radius 2 is 2.05 bits per heavy atom. The quantitative estimate of drug-likeness (QED) is 0.475.